The van der Waals surface area contributed by atoms with Crippen LogP contribution in [0.1, 0.15) is 10.8 Å². The van der Waals surface area contributed by atoms with Gasteiger partial charge in [-0.1, -0.05) is 24.3 Å². The summed E-state index contributed by atoms with van der Waals surface area (Å²) in [6, 6.07) is 15.4. The number of ether oxygens (including phenoxy) is 1. The first-order valence-electron chi connectivity index (χ1n) is 8.41. The van der Waals surface area contributed by atoms with Gasteiger partial charge in [0, 0.05) is 7.05 Å². The number of carbonyl (C=O) groups is 2. The first-order valence-corrected chi connectivity index (χ1v) is 9.29. The number of benzene rings is 2. The highest BCUT2D eigenvalue weighted by atomic mass is 32.2. The zero-order valence-electron chi connectivity index (χ0n) is 14.5. The van der Waals surface area contributed by atoms with Crippen LogP contribution in [0, 0.1) is 0 Å². The molecule has 27 heavy (non-hydrogen) atoms. The van der Waals surface area contributed by atoms with Crippen molar-refractivity contribution in [2.24, 2.45) is 0 Å². The second-order valence-corrected chi connectivity index (χ2v) is 7.16. The Morgan fingerprint density at radius 2 is 1.96 bits per heavy atom. The van der Waals surface area contributed by atoms with Gasteiger partial charge in [-0.3, -0.25) is 14.9 Å². The summed E-state index contributed by atoms with van der Waals surface area (Å²) in [5.41, 5.74) is 2.35. The number of hydrogen-bond donors (Lipinski definition) is 1. The van der Waals surface area contributed by atoms with Crippen LogP contribution in [0.2, 0.25) is 0 Å². The van der Waals surface area contributed by atoms with E-state index in [-0.39, 0.29) is 11.1 Å². The van der Waals surface area contributed by atoms with Gasteiger partial charge in [0.05, 0.1) is 6.54 Å². The predicted molar refractivity (Wildman–Crippen MR) is 103 cm³/mol. The minimum atomic E-state index is -0.489. The maximum absolute atomic E-state index is 11.7. The topological polar surface area (TPSA) is 84.7 Å². The molecule has 0 aliphatic carbocycles. The number of rotatable bonds is 6. The first-order chi connectivity index (χ1) is 13.1. The number of fused-ring (bicyclic) bond motifs is 1. The van der Waals surface area contributed by atoms with E-state index in [1.54, 1.807) is 24.3 Å². The van der Waals surface area contributed by atoms with E-state index in [1.807, 2.05) is 36.2 Å². The van der Waals surface area contributed by atoms with Crippen molar-refractivity contribution < 1.29 is 18.7 Å². The lowest BCUT2D eigenvalue weighted by atomic mass is 10.1. The molecule has 1 N–H and O–H groups in total. The molecule has 1 aliphatic heterocycles. The minimum absolute atomic E-state index is 0.279. The highest BCUT2D eigenvalue weighted by Crippen LogP contribution is 2.34. The van der Waals surface area contributed by atoms with Gasteiger partial charge in [0.2, 0.25) is 5.91 Å². The van der Waals surface area contributed by atoms with Crippen molar-refractivity contribution in [2.75, 3.05) is 25.1 Å². The SMILES string of the molecule is CN(CCOc1ccc(C2SC(=O)NC2=O)cc1)c1nc2ccccc2o1. The molecule has 7 nitrogen and oxygen atoms in total. The summed E-state index contributed by atoms with van der Waals surface area (Å²) < 4.78 is 11.5. The smallest absolute Gasteiger partial charge is 0.298 e. The van der Waals surface area contributed by atoms with E-state index in [2.05, 4.69) is 10.3 Å². The van der Waals surface area contributed by atoms with E-state index in [0.717, 1.165) is 28.4 Å². The summed E-state index contributed by atoms with van der Waals surface area (Å²) >= 11 is 0.989. The van der Waals surface area contributed by atoms with Crippen molar-refractivity contribution >= 4 is 40.0 Å². The largest absolute Gasteiger partial charge is 0.492 e. The van der Waals surface area contributed by atoms with E-state index < -0.39 is 5.25 Å². The lowest BCUT2D eigenvalue weighted by Crippen LogP contribution is -2.24. The van der Waals surface area contributed by atoms with Crippen LogP contribution < -0.4 is 15.0 Å². The monoisotopic (exact) mass is 383 g/mol. The molecule has 8 heteroatoms. The highest BCUT2D eigenvalue weighted by Gasteiger charge is 2.32. The Morgan fingerprint density at radius 1 is 1.19 bits per heavy atom. The quantitative estimate of drug-likeness (QED) is 0.698. The normalized spacial score (nSPS) is 16.6. The number of imide groups is 1. The Bertz CT molecular complexity index is 953. The van der Waals surface area contributed by atoms with E-state index in [4.69, 9.17) is 9.15 Å². The van der Waals surface area contributed by atoms with Gasteiger partial charge in [0.15, 0.2) is 5.58 Å². The van der Waals surface area contributed by atoms with E-state index in [1.165, 1.54) is 0 Å². The number of aromatic nitrogens is 1. The number of nitrogens with one attached hydrogen (secondary N) is 1. The molecule has 1 unspecified atom stereocenters. The van der Waals surface area contributed by atoms with Crippen molar-refractivity contribution in [3.8, 4) is 5.75 Å². The third-order valence-electron chi connectivity index (χ3n) is 4.18. The summed E-state index contributed by atoms with van der Waals surface area (Å²) in [5, 5.41) is 1.48. The van der Waals surface area contributed by atoms with Crippen LogP contribution in [0.3, 0.4) is 0 Å². The lowest BCUT2D eigenvalue weighted by molar-refractivity contribution is -0.119. The molecule has 1 atom stereocenters. The highest BCUT2D eigenvalue weighted by molar-refractivity contribution is 8.15. The molecule has 2 amide bonds. The van der Waals surface area contributed by atoms with E-state index in [9.17, 15) is 9.59 Å². The van der Waals surface area contributed by atoms with Crippen LogP contribution in [0.15, 0.2) is 52.9 Å². The van der Waals surface area contributed by atoms with Gasteiger partial charge in [-0.15, -0.1) is 0 Å². The third-order valence-corrected chi connectivity index (χ3v) is 5.21. The van der Waals surface area contributed by atoms with Crippen LogP contribution in [0.4, 0.5) is 10.8 Å². The molecule has 138 valence electrons. The Kier molecular flexibility index (Phi) is 4.72. The number of anilines is 1. The molecule has 0 radical (unpaired) electrons. The number of thioether (sulfide) groups is 1. The predicted octanol–water partition coefficient (Wildman–Crippen LogP) is 3.37. The van der Waals surface area contributed by atoms with Gasteiger partial charge in [0.1, 0.15) is 23.1 Å². The van der Waals surface area contributed by atoms with Crippen LogP contribution in [-0.2, 0) is 4.79 Å². The molecule has 4 rings (SSSR count). The van der Waals surface area contributed by atoms with Crippen LogP contribution >= 0.6 is 11.8 Å². The van der Waals surface area contributed by atoms with Gasteiger partial charge >= 0.3 is 0 Å². The number of oxazole rings is 1. The fourth-order valence-electron chi connectivity index (χ4n) is 2.73. The molecule has 1 saturated heterocycles. The maximum Gasteiger partial charge on any atom is 0.298 e. The second kappa shape index (κ2) is 7.32. The minimum Gasteiger partial charge on any atom is -0.492 e. The van der Waals surface area contributed by atoms with Crippen LogP contribution in [0.25, 0.3) is 11.1 Å². The maximum atomic E-state index is 11.7. The molecule has 0 saturated carbocycles. The second-order valence-electron chi connectivity index (χ2n) is 6.08. The average Bonchev–Trinajstić information content (AvgIpc) is 3.25. The van der Waals surface area contributed by atoms with Gasteiger partial charge < -0.3 is 14.1 Å². The molecule has 3 aromatic rings. The summed E-state index contributed by atoms with van der Waals surface area (Å²) in [5.74, 6) is 0.415. The van der Waals surface area contributed by atoms with Crippen molar-refractivity contribution in [1.82, 2.24) is 10.3 Å². The number of amides is 2. The van der Waals surface area contributed by atoms with Gasteiger partial charge in [-0.05, 0) is 41.6 Å². The van der Waals surface area contributed by atoms with Crippen molar-refractivity contribution in [3.63, 3.8) is 0 Å². The summed E-state index contributed by atoms with van der Waals surface area (Å²) in [4.78, 5) is 29.3. The van der Waals surface area contributed by atoms with Gasteiger partial charge in [-0.2, -0.15) is 4.98 Å². The number of carbonyl (C=O) groups excluding carboxylic acids is 2. The summed E-state index contributed by atoms with van der Waals surface area (Å²) in [6.45, 7) is 1.05. The lowest BCUT2D eigenvalue weighted by Gasteiger charge is -2.15. The Balaban J connectivity index is 1.32. The van der Waals surface area contributed by atoms with Crippen molar-refractivity contribution in [3.05, 3.63) is 54.1 Å². The standard InChI is InChI=1S/C19H17N3O4S/c1-22(18-20-14-4-2-3-5-15(14)26-18)10-11-25-13-8-6-12(7-9-13)16-17(23)21-19(24)27-16/h2-9,16H,10-11H2,1H3,(H,21,23,24). The van der Waals surface area contributed by atoms with Crippen molar-refractivity contribution in [1.29, 1.82) is 0 Å². The van der Waals surface area contributed by atoms with Crippen molar-refractivity contribution in [2.45, 2.75) is 5.25 Å². The molecule has 0 spiro atoms. The zero-order valence-corrected chi connectivity index (χ0v) is 15.4. The Labute approximate surface area is 159 Å². The number of para-hydroxylation sites is 2. The molecule has 0 bridgehead atoms. The van der Waals surface area contributed by atoms with Crippen LogP contribution in [-0.4, -0.2) is 36.3 Å². The molecular weight excluding hydrogens is 366 g/mol. The van der Waals surface area contributed by atoms with Gasteiger partial charge in [-0.25, -0.2) is 0 Å². The molecule has 2 heterocycles. The van der Waals surface area contributed by atoms with E-state index >= 15 is 0 Å². The Morgan fingerprint density at radius 3 is 2.67 bits per heavy atom. The Hall–Kier alpha value is -3.00. The summed E-state index contributed by atoms with van der Waals surface area (Å²) in [6.07, 6.45) is 0. The molecule has 1 aliphatic rings. The third kappa shape index (κ3) is 3.75. The molecular formula is C19H17N3O4S. The van der Waals surface area contributed by atoms with Gasteiger partial charge in [0.25, 0.3) is 11.3 Å². The number of nitrogens with zero attached hydrogens (tertiary/aromatic N) is 2. The number of hydrogen-bond acceptors (Lipinski definition) is 7. The zero-order chi connectivity index (χ0) is 18.8. The van der Waals surface area contributed by atoms with Crippen LogP contribution in [0.5, 0.6) is 5.75 Å². The number of likely N-dealkylation sites (N-methyl/N-ethyl adjacent to an activating group) is 1. The fraction of sp³-hybridized carbons (Fsp3) is 0.211. The fourth-order valence-corrected chi connectivity index (χ4v) is 3.57. The molecule has 2 aromatic carbocycles. The molecule has 1 fully saturated rings. The average molecular weight is 383 g/mol. The first kappa shape index (κ1) is 17.4. The summed E-state index contributed by atoms with van der Waals surface area (Å²) in [7, 11) is 1.89. The molecule has 1 aromatic heterocycles. The van der Waals surface area contributed by atoms with E-state index in [0.29, 0.717) is 24.9 Å².